The van der Waals surface area contributed by atoms with Crippen molar-refractivity contribution in [1.82, 2.24) is 0 Å². The fourth-order valence-electron chi connectivity index (χ4n) is 1.12. The van der Waals surface area contributed by atoms with Crippen molar-refractivity contribution >= 4 is 15.9 Å². The van der Waals surface area contributed by atoms with Crippen LogP contribution in [0.1, 0.15) is 46.5 Å². The van der Waals surface area contributed by atoms with Crippen LogP contribution in [-0.2, 0) is 0 Å². The van der Waals surface area contributed by atoms with E-state index < -0.39 is 0 Å². The van der Waals surface area contributed by atoms with Gasteiger partial charge in [0.2, 0.25) is 0 Å². The van der Waals surface area contributed by atoms with Gasteiger partial charge in [-0.2, -0.15) is 0 Å². The molecule has 0 nitrogen and oxygen atoms in total. The Hall–Kier alpha value is 0.480. The molecule has 0 aliphatic carbocycles. The standard InChI is InChI=1S/C10H21Br/c1-9(2)6-4-5-7-10(3)8-11/h9-10H,4-8H2,1-3H3/t10-/m1/s1. The second-order valence-corrected chi connectivity index (χ2v) is 4.59. The van der Waals surface area contributed by atoms with E-state index in [9.17, 15) is 0 Å². The van der Waals surface area contributed by atoms with Crippen LogP contribution in [0.3, 0.4) is 0 Å². The summed E-state index contributed by atoms with van der Waals surface area (Å²) < 4.78 is 0. The highest BCUT2D eigenvalue weighted by atomic mass is 79.9. The zero-order chi connectivity index (χ0) is 8.69. The molecule has 11 heavy (non-hydrogen) atoms. The minimum atomic E-state index is 0.863. The average Bonchev–Trinajstić information content (AvgIpc) is 1.97. The molecule has 0 fully saturated rings. The lowest BCUT2D eigenvalue weighted by Crippen LogP contribution is -1.96. The topological polar surface area (TPSA) is 0 Å². The van der Waals surface area contributed by atoms with Gasteiger partial charge in [-0.1, -0.05) is 56.0 Å². The Morgan fingerprint density at radius 1 is 1.00 bits per heavy atom. The summed E-state index contributed by atoms with van der Waals surface area (Å²) in [6, 6.07) is 0. The third kappa shape index (κ3) is 8.39. The molecule has 0 aliphatic heterocycles. The van der Waals surface area contributed by atoms with E-state index in [1.165, 1.54) is 25.7 Å². The van der Waals surface area contributed by atoms with Gasteiger partial charge < -0.3 is 0 Å². The first-order valence-corrected chi connectivity index (χ1v) is 5.85. The van der Waals surface area contributed by atoms with Crippen molar-refractivity contribution in [2.45, 2.75) is 46.5 Å². The molecule has 0 spiro atoms. The van der Waals surface area contributed by atoms with Crippen LogP contribution < -0.4 is 0 Å². The fourth-order valence-corrected chi connectivity index (χ4v) is 1.45. The first kappa shape index (κ1) is 11.5. The van der Waals surface area contributed by atoms with Crippen molar-refractivity contribution in [3.05, 3.63) is 0 Å². The normalized spacial score (nSPS) is 13.9. The summed E-state index contributed by atoms with van der Waals surface area (Å²) in [5, 5.41) is 1.16. The van der Waals surface area contributed by atoms with Gasteiger partial charge >= 0.3 is 0 Å². The largest absolute Gasteiger partial charge is 0.0925 e. The second-order valence-electron chi connectivity index (χ2n) is 3.94. The van der Waals surface area contributed by atoms with Crippen molar-refractivity contribution in [3.8, 4) is 0 Å². The average molecular weight is 221 g/mol. The van der Waals surface area contributed by atoms with Gasteiger partial charge in [-0.15, -0.1) is 0 Å². The Balaban J connectivity index is 3.01. The Morgan fingerprint density at radius 2 is 1.55 bits per heavy atom. The van der Waals surface area contributed by atoms with E-state index in [2.05, 4.69) is 36.7 Å². The van der Waals surface area contributed by atoms with Crippen LogP contribution in [0.15, 0.2) is 0 Å². The Morgan fingerprint density at radius 3 is 2.00 bits per heavy atom. The van der Waals surface area contributed by atoms with E-state index in [-0.39, 0.29) is 0 Å². The molecular weight excluding hydrogens is 200 g/mol. The highest BCUT2D eigenvalue weighted by Crippen LogP contribution is 2.13. The molecule has 68 valence electrons. The molecule has 0 saturated carbocycles. The number of unbranched alkanes of at least 4 members (excludes halogenated alkanes) is 1. The van der Waals surface area contributed by atoms with Gasteiger partial charge in [0.15, 0.2) is 0 Å². The van der Waals surface area contributed by atoms with Crippen molar-refractivity contribution < 1.29 is 0 Å². The van der Waals surface area contributed by atoms with Gasteiger partial charge in [0.05, 0.1) is 0 Å². The molecule has 0 rings (SSSR count). The lowest BCUT2D eigenvalue weighted by atomic mass is 10.0. The Kier molecular flexibility index (Phi) is 7.46. The molecule has 0 aromatic carbocycles. The lowest BCUT2D eigenvalue weighted by molar-refractivity contribution is 0.488. The SMILES string of the molecule is CC(C)CCCC[C@@H](C)CBr. The summed E-state index contributed by atoms with van der Waals surface area (Å²) in [5.41, 5.74) is 0. The van der Waals surface area contributed by atoms with E-state index in [4.69, 9.17) is 0 Å². The van der Waals surface area contributed by atoms with E-state index in [0.29, 0.717) is 0 Å². The second kappa shape index (κ2) is 7.15. The molecule has 0 N–H and O–H groups in total. The summed E-state index contributed by atoms with van der Waals surface area (Å²) >= 11 is 3.50. The molecule has 0 radical (unpaired) electrons. The summed E-state index contributed by atoms with van der Waals surface area (Å²) in [4.78, 5) is 0. The molecule has 0 aromatic rings. The van der Waals surface area contributed by atoms with E-state index >= 15 is 0 Å². The van der Waals surface area contributed by atoms with Gasteiger partial charge in [-0.25, -0.2) is 0 Å². The molecule has 0 heterocycles. The smallest absolute Gasteiger partial charge is 0.00570 e. The van der Waals surface area contributed by atoms with Gasteiger partial charge in [0, 0.05) is 5.33 Å². The molecule has 0 saturated heterocycles. The third-order valence-electron chi connectivity index (χ3n) is 1.99. The van der Waals surface area contributed by atoms with Gasteiger partial charge in [-0.3, -0.25) is 0 Å². The Labute approximate surface area is 79.9 Å². The molecule has 1 atom stereocenters. The quantitative estimate of drug-likeness (QED) is 0.465. The predicted molar refractivity (Wildman–Crippen MR) is 56.3 cm³/mol. The van der Waals surface area contributed by atoms with Gasteiger partial charge in [-0.05, 0) is 18.3 Å². The number of rotatable bonds is 6. The van der Waals surface area contributed by atoms with Crippen LogP contribution in [0, 0.1) is 11.8 Å². The number of halogens is 1. The molecule has 0 amide bonds. The number of alkyl halides is 1. The fraction of sp³-hybridized carbons (Fsp3) is 1.00. The maximum absolute atomic E-state index is 3.50. The van der Waals surface area contributed by atoms with Crippen LogP contribution in [0.25, 0.3) is 0 Å². The minimum Gasteiger partial charge on any atom is -0.0925 e. The first-order valence-electron chi connectivity index (χ1n) is 4.72. The van der Waals surface area contributed by atoms with Crippen LogP contribution in [0.2, 0.25) is 0 Å². The Bertz CT molecular complexity index is 78.9. The van der Waals surface area contributed by atoms with Crippen molar-refractivity contribution in [2.75, 3.05) is 5.33 Å². The maximum Gasteiger partial charge on any atom is 0.00570 e. The molecule has 0 aromatic heterocycles. The molecule has 1 heteroatoms. The number of hydrogen-bond acceptors (Lipinski definition) is 0. The minimum absolute atomic E-state index is 0.863. The summed E-state index contributed by atoms with van der Waals surface area (Å²) in [7, 11) is 0. The highest BCUT2D eigenvalue weighted by Gasteiger charge is 1.99. The van der Waals surface area contributed by atoms with Crippen LogP contribution in [0.5, 0.6) is 0 Å². The van der Waals surface area contributed by atoms with E-state index in [1.54, 1.807) is 0 Å². The summed E-state index contributed by atoms with van der Waals surface area (Å²) in [6.45, 7) is 6.91. The molecule has 0 bridgehead atoms. The molecular formula is C10H21Br. The zero-order valence-corrected chi connectivity index (χ0v) is 9.65. The lowest BCUT2D eigenvalue weighted by Gasteiger charge is -2.07. The monoisotopic (exact) mass is 220 g/mol. The van der Waals surface area contributed by atoms with Crippen molar-refractivity contribution in [2.24, 2.45) is 11.8 Å². The highest BCUT2D eigenvalue weighted by molar-refractivity contribution is 9.09. The van der Waals surface area contributed by atoms with Gasteiger partial charge in [0.25, 0.3) is 0 Å². The van der Waals surface area contributed by atoms with Gasteiger partial charge in [0.1, 0.15) is 0 Å². The van der Waals surface area contributed by atoms with Crippen LogP contribution in [0.4, 0.5) is 0 Å². The van der Waals surface area contributed by atoms with Crippen molar-refractivity contribution in [1.29, 1.82) is 0 Å². The molecule has 0 unspecified atom stereocenters. The molecule has 0 aliphatic rings. The van der Waals surface area contributed by atoms with Crippen LogP contribution in [-0.4, -0.2) is 5.33 Å². The van der Waals surface area contributed by atoms with E-state index in [1.807, 2.05) is 0 Å². The summed E-state index contributed by atoms with van der Waals surface area (Å²) in [5.74, 6) is 1.75. The first-order chi connectivity index (χ1) is 5.16. The zero-order valence-electron chi connectivity index (χ0n) is 8.07. The van der Waals surface area contributed by atoms with E-state index in [0.717, 1.165) is 17.2 Å². The third-order valence-corrected chi connectivity index (χ3v) is 3.10. The van der Waals surface area contributed by atoms with Crippen LogP contribution >= 0.6 is 15.9 Å². The van der Waals surface area contributed by atoms with Crippen molar-refractivity contribution in [3.63, 3.8) is 0 Å². The predicted octanol–water partition coefficient (Wildman–Crippen LogP) is 4.23. The number of hydrogen-bond donors (Lipinski definition) is 0. The summed E-state index contributed by atoms with van der Waals surface area (Å²) in [6.07, 6.45) is 5.60. The maximum atomic E-state index is 3.50.